The molecule has 0 amide bonds. The second kappa shape index (κ2) is 7.16. The van der Waals surface area contributed by atoms with E-state index in [1.165, 1.54) is 69.7 Å². The van der Waals surface area contributed by atoms with Gasteiger partial charge in [-0.05, 0) is 45.0 Å². The Labute approximate surface area is 117 Å². The molecule has 1 unspecified atom stereocenters. The molecule has 2 rings (SSSR count). The molecule has 1 aliphatic heterocycles. The Morgan fingerprint density at radius 2 is 2.00 bits per heavy atom. The molecular weight excluding hydrogens is 240 g/mol. The van der Waals surface area contributed by atoms with Crippen molar-refractivity contribution in [2.24, 2.45) is 0 Å². The molecule has 1 heterocycles. The zero-order chi connectivity index (χ0) is 12.8. The van der Waals surface area contributed by atoms with Gasteiger partial charge in [0.2, 0.25) is 0 Å². The zero-order valence-electron chi connectivity index (χ0n) is 12.2. The first-order valence-corrected chi connectivity index (χ1v) is 8.98. The Balaban J connectivity index is 1.93. The van der Waals surface area contributed by atoms with Gasteiger partial charge in [-0.1, -0.05) is 26.2 Å². The second-order valence-electron chi connectivity index (χ2n) is 6.10. The first-order valence-electron chi connectivity index (χ1n) is 7.82. The van der Waals surface area contributed by atoms with Gasteiger partial charge >= 0.3 is 0 Å². The van der Waals surface area contributed by atoms with E-state index in [4.69, 9.17) is 0 Å². The van der Waals surface area contributed by atoms with Crippen molar-refractivity contribution in [1.82, 2.24) is 10.2 Å². The predicted octanol–water partition coefficient (Wildman–Crippen LogP) is 3.13. The molecule has 1 spiro atoms. The summed E-state index contributed by atoms with van der Waals surface area (Å²) in [7, 11) is 0. The summed E-state index contributed by atoms with van der Waals surface area (Å²) in [4.78, 5) is 2.76. The van der Waals surface area contributed by atoms with Crippen LogP contribution in [0.15, 0.2) is 0 Å². The molecule has 2 aliphatic rings. The molecule has 1 N–H and O–H groups in total. The van der Waals surface area contributed by atoms with Crippen molar-refractivity contribution in [3.8, 4) is 0 Å². The van der Waals surface area contributed by atoms with Crippen LogP contribution in [0.2, 0.25) is 0 Å². The van der Waals surface area contributed by atoms with Gasteiger partial charge in [-0.3, -0.25) is 4.90 Å². The standard InChI is InChI=1S/C15H30N2S/c1-3-18-12-14(2)17-11-7-10-16-15(13-17)8-5-4-6-9-15/h14,16H,3-13H2,1-2H3. The molecule has 1 aliphatic carbocycles. The molecule has 1 saturated heterocycles. The van der Waals surface area contributed by atoms with Crippen LogP contribution in [0.25, 0.3) is 0 Å². The summed E-state index contributed by atoms with van der Waals surface area (Å²) < 4.78 is 0. The average molecular weight is 270 g/mol. The molecule has 3 heteroatoms. The number of hydrogen-bond acceptors (Lipinski definition) is 3. The van der Waals surface area contributed by atoms with Crippen molar-refractivity contribution in [2.75, 3.05) is 31.1 Å². The maximum Gasteiger partial charge on any atom is 0.0308 e. The Hall–Kier alpha value is 0.270. The fraction of sp³-hybridized carbons (Fsp3) is 1.00. The van der Waals surface area contributed by atoms with Crippen molar-refractivity contribution in [3.05, 3.63) is 0 Å². The van der Waals surface area contributed by atoms with Crippen LogP contribution in [0.1, 0.15) is 52.4 Å². The second-order valence-corrected chi connectivity index (χ2v) is 7.42. The fourth-order valence-corrected chi connectivity index (χ4v) is 4.28. The lowest BCUT2D eigenvalue weighted by Crippen LogP contribution is -2.54. The normalized spacial score (nSPS) is 27.0. The summed E-state index contributed by atoms with van der Waals surface area (Å²) in [5, 5.41) is 3.89. The number of rotatable bonds is 4. The van der Waals surface area contributed by atoms with Gasteiger partial charge in [0.15, 0.2) is 0 Å². The van der Waals surface area contributed by atoms with E-state index in [1.807, 2.05) is 0 Å². The summed E-state index contributed by atoms with van der Waals surface area (Å²) in [5.41, 5.74) is 0.458. The van der Waals surface area contributed by atoms with Crippen LogP contribution < -0.4 is 5.32 Å². The van der Waals surface area contributed by atoms with Gasteiger partial charge in [0, 0.05) is 23.9 Å². The number of hydrogen-bond donors (Lipinski definition) is 1. The number of nitrogens with zero attached hydrogens (tertiary/aromatic N) is 1. The van der Waals surface area contributed by atoms with E-state index in [0.717, 1.165) is 6.04 Å². The minimum Gasteiger partial charge on any atom is -0.310 e. The molecular formula is C15H30N2S. The minimum atomic E-state index is 0.458. The molecule has 2 nitrogen and oxygen atoms in total. The van der Waals surface area contributed by atoms with Crippen molar-refractivity contribution >= 4 is 11.8 Å². The molecule has 106 valence electrons. The Morgan fingerprint density at radius 1 is 1.22 bits per heavy atom. The van der Waals surface area contributed by atoms with Crippen molar-refractivity contribution in [2.45, 2.75) is 64.0 Å². The quantitative estimate of drug-likeness (QED) is 0.845. The van der Waals surface area contributed by atoms with Gasteiger partial charge in [-0.2, -0.15) is 11.8 Å². The smallest absolute Gasteiger partial charge is 0.0308 e. The maximum absolute atomic E-state index is 3.89. The Kier molecular flexibility index (Phi) is 5.84. The van der Waals surface area contributed by atoms with Crippen molar-refractivity contribution < 1.29 is 0 Å². The lowest BCUT2D eigenvalue weighted by atomic mass is 9.81. The van der Waals surface area contributed by atoms with Gasteiger partial charge in [0.1, 0.15) is 0 Å². The van der Waals surface area contributed by atoms with E-state index < -0.39 is 0 Å². The third-order valence-corrected chi connectivity index (χ3v) is 5.75. The molecule has 0 aromatic rings. The predicted molar refractivity (Wildman–Crippen MR) is 82.5 cm³/mol. The molecule has 1 atom stereocenters. The van der Waals surface area contributed by atoms with E-state index in [1.54, 1.807) is 0 Å². The lowest BCUT2D eigenvalue weighted by Gasteiger charge is -2.41. The molecule has 0 bridgehead atoms. The minimum absolute atomic E-state index is 0.458. The highest BCUT2D eigenvalue weighted by Crippen LogP contribution is 2.31. The van der Waals surface area contributed by atoms with E-state index in [-0.39, 0.29) is 0 Å². The molecule has 1 saturated carbocycles. The van der Waals surface area contributed by atoms with Crippen LogP contribution >= 0.6 is 11.8 Å². The maximum atomic E-state index is 3.89. The summed E-state index contributed by atoms with van der Waals surface area (Å²) >= 11 is 2.09. The number of thioether (sulfide) groups is 1. The first kappa shape index (κ1) is 14.7. The highest BCUT2D eigenvalue weighted by Gasteiger charge is 2.35. The van der Waals surface area contributed by atoms with Gasteiger partial charge in [-0.25, -0.2) is 0 Å². The van der Waals surface area contributed by atoms with Crippen LogP contribution in [-0.2, 0) is 0 Å². The zero-order valence-corrected chi connectivity index (χ0v) is 13.0. The monoisotopic (exact) mass is 270 g/mol. The fourth-order valence-electron chi connectivity index (χ4n) is 3.49. The van der Waals surface area contributed by atoms with Crippen molar-refractivity contribution in [3.63, 3.8) is 0 Å². The average Bonchev–Trinajstić information content (AvgIpc) is 2.60. The van der Waals surface area contributed by atoms with Crippen LogP contribution in [0, 0.1) is 0 Å². The largest absolute Gasteiger partial charge is 0.310 e. The number of nitrogens with one attached hydrogen (secondary N) is 1. The highest BCUT2D eigenvalue weighted by molar-refractivity contribution is 7.99. The molecule has 0 aromatic carbocycles. The van der Waals surface area contributed by atoms with Crippen LogP contribution in [-0.4, -0.2) is 47.6 Å². The highest BCUT2D eigenvalue weighted by atomic mass is 32.2. The van der Waals surface area contributed by atoms with E-state index in [2.05, 4.69) is 35.8 Å². The molecule has 2 fully saturated rings. The van der Waals surface area contributed by atoms with Crippen molar-refractivity contribution in [1.29, 1.82) is 0 Å². The van der Waals surface area contributed by atoms with E-state index in [9.17, 15) is 0 Å². The van der Waals surface area contributed by atoms with Gasteiger partial charge < -0.3 is 5.32 Å². The Bertz CT molecular complexity index is 239. The van der Waals surface area contributed by atoms with E-state index in [0.29, 0.717) is 5.54 Å². The van der Waals surface area contributed by atoms with Gasteiger partial charge in [-0.15, -0.1) is 0 Å². The first-order chi connectivity index (χ1) is 8.76. The molecule has 0 radical (unpaired) electrons. The summed E-state index contributed by atoms with van der Waals surface area (Å²) in [5.74, 6) is 2.55. The summed E-state index contributed by atoms with van der Waals surface area (Å²) in [6.07, 6.45) is 8.43. The molecule has 18 heavy (non-hydrogen) atoms. The summed E-state index contributed by atoms with van der Waals surface area (Å²) in [6, 6.07) is 0.744. The van der Waals surface area contributed by atoms with Gasteiger partial charge in [0.05, 0.1) is 0 Å². The van der Waals surface area contributed by atoms with Crippen LogP contribution in [0.3, 0.4) is 0 Å². The topological polar surface area (TPSA) is 15.3 Å². The van der Waals surface area contributed by atoms with Crippen LogP contribution in [0.5, 0.6) is 0 Å². The third kappa shape index (κ3) is 3.88. The lowest BCUT2D eigenvalue weighted by molar-refractivity contribution is 0.142. The van der Waals surface area contributed by atoms with E-state index >= 15 is 0 Å². The third-order valence-electron chi connectivity index (χ3n) is 4.63. The van der Waals surface area contributed by atoms with Crippen LogP contribution in [0.4, 0.5) is 0 Å². The van der Waals surface area contributed by atoms with Gasteiger partial charge in [0.25, 0.3) is 0 Å². The SMILES string of the molecule is CCSCC(C)N1CCCNC2(CCCCC2)C1. The summed E-state index contributed by atoms with van der Waals surface area (Å²) in [6.45, 7) is 8.50. The molecule has 0 aromatic heterocycles. The Morgan fingerprint density at radius 3 is 2.72 bits per heavy atom.